The number of likely N-dealkylation sites (N-methyl/N-ethyl adjacent to an activating group) is 1. The Morgan fingerprint density at radius 1 is 0.833 bits per heavy atom. The Kier molecular flexibility index (Phi) is 10.4. The molecule has 198 valence electrons. The molecular formula is C30H43F2N3O. The highest BCUT2D eigenvalue weighted by Crippen LogP contribution is 2.30. The zero-order valence-electron chi connectivity index (χ0n) is 22.6. The second-order valence-electron chi connectivity index (χ2n) is 11.0. The van der Waals surface area contributed by atoms with E-state index in [1.54, 1.807) is 24.3 Å². The maximum absolute atomic E-state index is 13.7. The first kappa shape index (κ1) is 28.3. The fourth-order valence-corrected chi connectivity index (χ4v) is 5.06. The molecule has 0 radical (unpaired) electrons. The fourth-order valence-electron chi connectivity index (χ4n) is 5.06. The van der Waals surface area contributed by atoms with Crippen molar-refractivity contribution in [1.29, 1.82) is 0 Å². The largest absolute Gasteiger partial charge is 0.340 e. The second kappa shape index (κ2) is 13.3. The number of hydrogen-bond donors (Lipinski definition) is 0. The van der Waals surface area contributed by atoms with Crippen molar-refractivity contribution in [2.24, 2.45) is 11.8 Å². The highest BCUT2D eigenvalue weighted by Gasteiger charge is 2.31. The minimum atomic E-state index is -0.276. The molecule has 2 aromatic carbocycles. The van der Waals surface area contributed by atoms with Gasteiger partial charge in [-0.05, 0) is 80.1 Å². The number of nitrogens with zero attached hydrogens (tertiary/aromatic N) is 3. The summed E-state index contributed by atoms with van der Waals surface area (Å²) in [4.78, 5) is 20.4. The fraction of sp³-hybridized carbons (Fsp3) is 0.567. The predicted octanol–water partition coefficient (Wildman–Crippen LogP) is 5.98. The Balaban J connectivity index is 1.78. The van der Waals surface area contributed by atoms with Crippen LogP contribution in [0.5, 0.6) is 0 Å². The van der Waals surface area contributed by atoms with Gasteiger partial charge in [-0.15, -0.1) is 0 Å². The lowest BCUT2D eigenvalue weighted by molar-refractivity contribution is -0.137. The summed E-state index contributed by atoms with van der Waals surface area (Å²) in [6, 6.07) is 12.9. The van der Waals surface area contributed by atoms with Crippen LogP contribution in [-0.4, -0.2) is 66.4 Å². The molecule has 1 saturated heterocycles. The number of carbonyl (C=O) groups excluding carboxylic acids is 1. The van der Waals surface area contributed by atoms with Gasteiger partial charge in [0.05, 0.1) is 12.1 Å². The van der Waals surface area contributed by atoms with Gasteiger partial charge >= 0.3 is 0 Å². The third-order valence-electron chi connectivity index (χ3n) is 7.15. The number of hydrogen-bond acceptors (Lipinski definition) is 3. The van der Waals surface area contributed by atoms with Crippen molar-refractivity contribution in [2.45, 2.75) is 59.0 Å². The van der Waals surface area contributed by atoms with Crippen LogP contribution in [0.1, 0.15) is 64.1 Å². The third-order valence-corrected chi connectivity index (χ3v) is 7.15. The maximum atomic E-state index is 13.7. The summed E-state index contributed by atoms with van der Waals surface area (Å²) in [7, 11) is 2.08. The molecule has 0 spiro atoms. The number of amides is 1. The Labute approximate surface area is 216 Å². The zero-order valence-corrected chi connectivity index (χ0v) is 22.6. The monoisotopic (exact) mass is 499 g/mol. The molecule has 0 saturated carbocycles. The molecule has 3 rings (SSSR count). The Hall–Kier alpha value is -2.31. The van der Waals surface area contributed by atoms with E-state index >= 15 is 0 Å². The van der Waals surface area contributed by atoms with Gasteiger partial charge in [0, 0.05) is 26.2 Å². The smallest absolute Gasteiger partial charge is 0.239 e. The van der Waals surface area contributed by atoms with Gasteiger partial charge in [-0.25, -0.2) is 8.78 Å². The van der Waals surface area contributed by atoms with Crippen LogP contribution in [0.25, 0.3) is 0 Å². The van der Waals surface area contributed by atoms with E-state index in [0.717, 1.165) is 50.0 Å². The van der Waals surface area contributed by atoms with E-state index in [-0.39, 0.29) is 29.6 Å². The Morgan fingerprint density at radius 3 is 1.89 bits per heavy atom. The van der Waals surface area contributed by atoms with Gasteiger partial charge in [-0.2, -0.15) is 0 Å². The van der Waals surface area contributed by atoms with Crippen LogP contribution in [0.2, 0.25) is 0 Å². The molecule has 1 amide bonds. The maximum Gasteiger partial charge on any atom is 0.239 e. The Bertz CT molecular complexity index is 900. The SMILES string of the molecule is CC(C)CCN(C)[C@@H](CC(C)C)C(=O)N1CCCN(C(c2ccc(F)cc2)c2ccc(F)cc2)CC1. The predicted molar refractivity (Wildman–Crippen MR) is 143 cm³/mol. The lowest BCUT2D eigenvalue weighted by atomic mass is 9.96. The van der Waals surface area contributed by atoms with Gasteiger partial charge in [0.2, 0.25) is 5.91 Å². The average Bonchev–Trinajstić information content (AvgIpc) is 3.09. The summed E-state index contributed by atoms with van der Waals surface area (Å²) in [5.74, 6) is 0.704. The lowest BCUT2D eigenvalue weighted by Crippen LogP contribution is -2.49. The van der Waals surface area contributed by atoms with Gasteiger partial charge in [-0.1, -0.05) is 52.0 Å². The second-order valence-corrected chi connectivity index (χ2v) is 11.0. The first-order valence-corrected chi connectivity index (χ1v) is 13.4. The van der Waals surface area contributed by atoms with Gasteiger partial charge in [0.25, 0.3) is 0 Å². The van der Waals surface area contributed by atoms with E-state index < -0.39 is 0 Å². The van der Waals surface area contributed by atoms with E-state index in [2.05, 4.69) is 44.5 Å². The van der Waals surface area contributed by atoms with Crippen molar-refractivity contribution in [1.82, 2.24) is 14.7 Å². The van der Waals surface area contributed by atoms with E-state index in [1.165, 1.54) is 24.3 Å². The van der Waals surface area contributed by atoms with Crippen molar-refractivity contribution in [3.8, 4) is 0 Å². The number of benzene rings is 2. The van der Waals surface area contributed by atoms with Crippen molar-refractivity contribution < 1.29 is 13.6 Å². The minimum Gasteiger partial charge on any atom is -0.340 e. The minimum absolute atomic E-state index is 0.111. The molecule has 6 heteroatoms. The van der Waals surface area contributed by atoms with Crippen LogP contribution in [0, 0.1) is 23.5 Å². The van der Waals surface area contributed by atoms with E-state index in [4.69, 9.17) is 0 Å². The van der Waals surface area contributed by atoms with Crippen molar-refractivity contribution >= 4 is 5.91 Å². The third kappa shape index (κ3) is 7.84. The van der Waals surface area contributed by atoms with Gasteiger partial charge in [-0.3, -0.25) is 14.6 Å². The summed E-state index contributed by atoms with van der Waals surface area (Å²) < 4.78 is 27.3. The van der Waals surface area contributed by atoms with E-state index in [1.807, 2.05) is 4.90 Å². The van der Waals surface area contributed by atoms with E-state index in [0.29, 0.717) is 24.9 Å². The Morgan fingerprint density at radius 2 is 1.39 bits per heavy atom. The molecule has 1 aliphatic heterocycles. The molecule has 1 aliphatic rings. The summed E-state index contributed by atoms with van der Waals surface area (Å²) in [6.45, 7) is 12.6. The standard InChI is InChI=1S/C30H43F2N3O/c1-22(2)15-18-33(5)28(21-23(3)4)30(36)35-17-6-16-34(19-20-35)29(24-7-11-26(31)12-8-24)25-9-13-27(32)14-10-25/h7-14,22-23,28-29H,6,15-21H2,1-5H3/t28-/m0/s1. The molecule has 0 aliphatic carbocycles. The molecule has 1 atom stereocenters. The highest BCUT2D eigenvalue weighted by atomic mass is 19.1. The molecule has 1 heterocycles. The number of halogens is 2. The van der Waals surface area contributed by atoms with Crippen LogP contribution in [0.15, 0.2) is 48.5 Å². The normalized spacial score (nSPS) is 16.2. The molecule has 1 fully saturated rings. The molecule has 36 heavy (non-hydrogen) atoms. The molecule has 0 bridgehead atoms. The first-order chi connectivity index (χ1) is 17.2. The first-order valence-electron chi connectivity index (χ1n) is 13.4. The number of carbonyl (C=O) groups is 1. The summed E-state index contributed by atoms with van der Waals surface area (Å²) in [6.07, 6.45) is 2.78. The van der Waals surface area contributed by atoms with Crippen molar-refractivity contribution in [2.75, 3.05) is 39.8 Å². The summed E-state index contributed by atoms with van der Waals surface area (Å²) in [5, 5.41) is 0. The summed E-state index contributed by atoms with van der Waals surface area (Å²) >= 11 is 0. The van der Waals surface area contributed by atoms with Gasteiger partial charge in [0.1, 0.15) is 11.6 Å². The van der Waals surface area contributed by atoms with Crippen LogP contribution in [0.4, 0.5) is 8.78 Å². The molecule has 4 nitrogen and oxygen atoms in total. The number of rotatable bonds is 10. The van der Waals surface area contributed by atoms with Crippen molar-refractivity contribution in [3.63, 3.8) is 0 Å². The molecule has 0 aromatic heterocycles. The van der Waals surface area contributed by atoms with Gasteiger partial charge in [0.15, 0.2) is 0 Å². The topological polar surface area (TPSA) is 26.8 Å². The molecule has 0 N–H and O–H groups in total. The van der Waals surface area contributed by atoms with Crippen LogP contribution < -0.4 is 0 Å². The lowest BCUT2D eigenvalue weighted by Gasteiger charge is -2.34. The van der Waals surface area contributed by atoms with E-state index in [9.17, 15) is 13.6 Å². The highest BCUT2D eigenvalue weighted by molar-refractivity contribution is 5.82. The van der Waals surface area contributed by atoms with Crippen LogP contribution in [-0.2, 0) is 4.79 Å². The summed E-state index contributed by atoms with van der Waals surface area (Å²) in [5.41, 5.74) is 1.93. The van der Waals surface area contributed by atoms with Crippen molar-refractivity contribution in [3.05, 3.63) is 71.3 Å². The molecule has 2 aromatic rings. The van der Waals surface area contributed by atoms with Gasteiger partial charge < -0.3 is 4.90 Å². The van der Waals surface area contributed by atoms with Crippen LogP contribution >= 0.6 is 0 Å². The zero-order chi connectivity index (χ0) is 26.2. The molecule has 0 unspecified atom stereocenters. The molecular weight excluding hydrogens is 456 g/mol. The quantitative estimate of drug-likeness (QED) is 0.402. The van der Waals surface area contributed by atoms with Crippen LogP contribution in [0.3, 0.4) is 0 Å². The average molecular weight is 500 g/mol.